The fourth-order valence-electron chi connectivity index (χ4n) is 2.71. The van der Waals surface area contributed by atoms with Crippen molar-refractivity contribution in [2.75, 3.05) is 0 Å². The van der Waals surface area contributed by atoms with Crippen molar-refractivity contribution in [3.8, 4) is 12.3 Å². The van der Waals surface area contributed by atoms with E-state index in [1.807, 2.05) is 41.5 Å². The minimum atomic E-state index is -0.460. The highest BCUT2D eigenvalue weighted by molar-refractivity contribution is 5.69. The molecule has 7 heteroatoms. The molecule has 2 amide bonds. The highest BCUT2D eigenvalue weighted by Gasteiger charge is 2.31. The Hall–Kier alpha value is -2.23. The number of rotatable bonds is 3. The van der Waals surface area contributed by atoms with E-state index < -0.39 is 17.3 Å². The molecule has 7 nitrogen and oxygen atoms in total. The van der Waals surface area contributed by atoms with E-state index >= 15 is 0 Å². The lowest BCUT2D eigenvalue weighted by Gasteiger charge is -2.33. The van der Waals surface area contributed by atoms with E-state index in [1.54, 1.807) is 0 Å². The fraction of sp³-hybridized carbons (Fsp3) is 0.773. The van der Waals surface area contributed by atoms with E-state index in [9.17, 15) is 14.4 Å². The van der Waals surface area contributed by atoms with E-state index in [-0.39, 0.29) is 31.5 Å². The van der Waals surface area contributed by atoms with Crippen molar-refractivity contribution in [1.82, 2.24) is 10.6 Å². The van der Waals surface area contributed by atoms with E-state index in [2.05, 4.69) is 16.6 Å². The Bertz CT molecular complexity index is 586. The normalized spacial score (nSPS) is 25.1. The van der Waals surface area contributed by atoms with Gasteiger partial charge in [-0.05, 0) is 67.2 Å². The van der Waals surface area contributed by atoms with Crippen LogP contribution in [0.25, 0.3) is 0 Å². The van der Waals surface area contributed by atoms with Gasteiger partial charge in [0, 0.05) is 23.9 Å². The van der Waals surface area contributed by atoms with E-state index in [1.165, 1.54) is 0 Å². The second-order valence-electron chi connectivity index (χ2n) is 9.39. The molecule has 0 radical (unpaired) electrons. The largest absolute Gasteiger partial charge is 0.444 e. The zero-order valence-corrected chi connectivity index (χ0v) is 17.8. The van der Waals surface area contributed by atoms with Gasteiger partial charge in [0.2, 0.25) is 0 Å². The molecule has 0 spiro atoms. The molecule has 2 aliphatic rings. The van der Waals surface area contributed by atoms with Gasteiger partial charge in [0.15, 0.2) is 0 Å². The molecule has 0 aromatic heterocycles. The van der Waals surface area contributed by atoms with Crippen molar-refractivity contribution in [3.63, 3.8) is 0 Å². The maximum absolute atomic E-state index is 11.3. The molecule has 0 aliphatic heterocycles. The van der Waals surface area contributed by atoms with Crippen LogP contribution in [-0.4, -0.2) is 41.8 Å². The Morgan fingerprint density at radius 1 is 0.897 bits per heavy atom. The molecule has 2 saturated carbocycles. The summed E-state index contributed by atoms with van der Waals surface area (Å²) in [6.07, 6.45) is 8.65. The summed E-state index contributed by atoms with van der Waals surface area (Å²) < 4.78 is 10.2. The summed E-state index contributed by atoms with van der Waals surface area (Å²) >= 11 is 0. The number of amides is 2. The molecule has 0 unspecified atom stereocenters. The maximum Gasteiger partial charge on any atom is 0.407 e. The molecule has 29 heavy (non-hydrogen) atoms. The monoisotopic (exact) mass is 410 g/mol. The number of nitrogens with one attached hydrogen (secondary N) is 2. The van der Waals surface area contributed by atoms with Crippen LogP contribution in [0, 0.1) is 24.2 Å². The van der Waals surface area contributed by atoms with Crippen LogP contribution in [0.3, 0.4) is 0 Å². The van der Waals surface area contributed by atoms with Crippen LogP contribution < -0.4 is 10.6 Å². The summed E-state index contributed by atoms with van der Waals surface area (Å²) in [5.74, 6) is 3.11. The van der Waals surface area contributed by atoms with Crippen molar-refractivity contribution in [2.45, 2.75) is 97.9 Å². The third-order valence-electron chi connectivity index (χ3n) is 4.18. The van der Waals surface area contributed by atoms with E-state index in [0.717, 1.165) is 32.0 Å². The number of aldehydes is 1. The van der Waals surface area contributed by atoms with Crippen molar-refractivity contribution >= 4 is 18.5 Å². The molecule has 2 aliphatic carbocycles. The third-order valence-corrected chi connectivity index (χ3v) is 4.18. The lowest BCUT2D eigenvalue weighted by molar-refractivity contribution is -0.113. The van der Waals surface area contributed by atoms with Crippen molar-refractivity contribution < 1.29 is 23.9 Å². The maximum atomic E-state index is 11.3. The van der Waals surface area contributed by atoms with Gasteiger partial charge in [-0.25, -0.2) is 9.59 Å². The highest BCUT2D eigenvalue weighted by Crippen LogP contribution is 2.26. The number of ether oxygens (including phenoxy) is 2. The first-order chi connectivity index (χ1) is 12.8. The Balaban J connectivity index is 0.000000523. The van der Waals surface area contributed by atoms with Gasteiger partial charge in [-0.1, -0.05) is 7.43 Å². The molecule has 2 rings (SSSR count). The van der Waals surface area contributed by atoms with Gasteiger partial charge in [0.25, 0.3) is 0 Å². The number of alkyl carbamates (subject to hydrolysis) is 2. The predicted molar refractivity (Wildman–Crippen MR) is 113 cm³/mol. The van der Waals surface area contributed by atoms with Gasteiger partial charge in [-0.3, -0.25) is 0 Å². The van der Waals surface area contributed by atoms with Gasteiger partial charge in [-0.2, -0.15) is 0 Å². The summed E-state index contributed by atoms with van der Waals surface area (Å²) in [6.45, 7) is 11.0. The molecule has 0 heterocycles. The average molecular weight is 411 g/mol. The van der Waals surface area contributed by atoms with Gasteiger partial charge < -0.3 is 24.9 Å². The van der Waals surface area contributed by atoms with Gasteiger partial charge in [0.1, 0.15) is 17.5 Å². The second kappa shape index (κ2) is 11.1. The first-order valence-corrected chi connectivity index (χ1v) is 9.71. The smallest absolute Gasteiger partial charge is 0.407 e. The molecular weight excluding hydrogens is 372 g/mol. The van der Waals surface area contributed by atoms with Gasteiger partial charge in [0.05, 0.1) is 0 Å². The van der Waals surface area contributed by atoms with Gasteiger partial charge in [-0.15, -0.1) is 12.3 Å². The molecule has 2 N–H and O–H groups in total. The average Bonchev–Trinajstić information content (AvgIpc) is 2.42. The Morgan fingerprint density at radius 3 is 1.59 bits per heavy atom. The number of terminal acetylenes is 1. The number of hydrogen-bond acceptors (Lipinski definition) is 5. The zero-order valence-electron chi connectivity index (χ0n) is 17.8. The topological polar surface area (TPSA) is 93.7 Å². The number of carbonyl (C=O) groups is 3. The zero-order chi connectivity index (χ0) is 21.5. The summed E-state index contributed by atoms with van der Waals surface area (Å²) in [7, 11) is 0. The lowest BCUT2D eigenvalue weighted by atomic mass is 9.81. The van der Waals surface area contributed by atoms with Gasteiger partial charge >= 0.3 is 12.2 Å². The predicted octanol–water partition coefficient (Wildman–Crippen LogP) is 4.05. The summed E-state index contributed by atoms with van der Waals surface area (Å²) in [4.78, 5) is 32.8. The Morgan fingerprint density at radius 2 is 1.28 bits per heavy atom. The second-order valence-corrected chi connectivity index (χ2v) is 9.39. The van der Waals surface area contributed by atoms with Crippen LogP contribution >= 0.6 is 0 Å². The molecule has 0 bridgehead atoms. The third kappa shape index (κ3) is 11.4. The molecule has 2 fully saturated rings. The Kier molecular flexibility index (Phi) is 10.2. The molecule has 0 saturated heterocycles. The summed E-state index contributed by atoms with van der Waals surface area (Å²) in [5.41, 5.74) is -0.892. The fourth-order valence-corrected chi connectivity index (χ4v) is 2.71. The minimum Gasteiger partial charge on any atom is -0.444 e. The molecule has 0 atom stereocenters. The first-order valence-electron chi connectivity index (χ1n) is 9.71. The minimum absolute atomic E-state index is 0. The number of carbonyl (C=O) groups excluding carboxylic acids is 3. The molecule has 166 valence electrons. The van der Waals surface area contributed by atoms with Crippen LogP contribution in [0.15, 0.2) is 0 Å². The van der Waals surface area contributed by atoms with Crippen LogP contribution in [-0.2, 0) is 14.3 Å². The molecular formula is C22H38N2O5. The number of hydrogen-bond donors (Lipinski definition) is 2. The molecule has 0 aromatic carbocycles. The highest BCUT2D eigenvalue weighted by atomic mass is 16.6. The van der Waals surface area contributed by atoms with Crippen molar-refractivity contribution in [1.29, 1.82) is 0 Å². The lowest BCUT2D eigenvalue weighted by Crippen LogP contribution is -2.46. The van der Waals surface area contributed by atoms with Crippen molar-refractivity contribution in [2.24, 2.45) is 11.8 Å². The standard InChI is InChI=1S/C11H17NO2.C10H17NO3.CH4/c1-5-8-6-9(7-8)12-10(13)14-11(2,3)4;1-10(2,3)14-9(13)11-8-4-7(5-8)6-12;/h1,8-9H,6-7H2,2-4H3,(H,12,13);6-8H,4-5H2,1-3H3,(H,11,13);1H4. The van der Waals surface area contributed by atoms with E-state index in [0.29, 0.717) is 5.92 Å². The SMILES string of the molecule is C.C#CC1CC(NC(=O)OC(C)(C)C)C1.CC(C)(C)OC(=O)NC1CC(C=O)C1. The van der Waals surface area contributed by atoms with E-state index in [4.69, 9.17) is 15.9 Å². The summed E-state index contributed by atoms with van der Waals surface area (Å²) in [5, 5.41) is 5.50. The van der Waals surface area contributed by atoms with Crippen LogP contribution in [0.2, 0.25) is 0 Å². The summed E-state index contributed by atoms with van der Waals surface area (Å²) in [6, 6.07) is 0.311. The molecule has 0 aromatic rings. The van der Waals surface area contributed by atoms with Crippen molar-refractivity contribution in [3.05, 3.63) is 0 Å². The Labute approximate surface area is 175 Å². The first kappa shape index (κ1) is 26.8. The van der Waals surface area contributed by atoms with Crippen LogP contribution in [0.1, 0.15) is 74.7 Å². The van der Waals surface area contributed by atoms with Crippen LogP contribution in [0.4, 0.5) is 9.59 Å². The quantitative estimate of drug-likeness (QED) is 0.541. The van der Waals surface area contributed by atoms with Crippen LogP contribution in [0.5, 0.6) is 0 Å².